The third kappa shape index (κ3) is 8.39. The Labute approximate surface area is 150 Å². The Morgan fingerprint density at radius 2 is 1.92 bits per heavy atom. The van der Waals surface area contributed by atoms with Gasteiger partial charge in [0.15, 0.2) is 5.96 Å². The molecule has 7 nitrogen and oxygen atoms in total. The first-order chi connectivity index (χ1) is 12.1. The molecule has 0 saturated carbocycles. The van der Waals surface area contributed by atoms with E-state index < -0.39 is 0 Å². The molecule has 0 unspecified atom stereocenters. The third-order valence-electron chi connectivity index (χ3n) is 3.35. The van der Waals surface area contributed by atoms with Crippen LogP contribution in [0.2, 0.25) is 0 Å². The Kier molecular flexibility index (Phi) is 10.1. The lowest BCUT2D eigenvalue weighted by atomic mass is 10.2. The van der Waals surface area contributed by atoms with Crippen LogP contribution in [0.3, 0.4) is 0 Å². The van der Waals surface area contributed by atoms with E-state index in [9.17, 15) is 4.79 Å². The summed E-state index contributed by atoms with van der Waals surface area (Å²) in [6, 6.07) is 7.98. The topological polar surface area (TPSA) is 75.2 Å². The van der Waals surface area contributed by atoms with E-state index in [0.717, 1.165) is 17.9 Å². The van der Waals surface area contributed by atoms with E-state index in [0.29, 0.717) is 32.3 Å². The van der Waals surface area contributed by atoms with Crippen molar-refractivity contribution >= 4 is 11.9 Å². The summed E-state index contributed by atoms with van der Waals surface area (Å²) in [6.45, 7) is 7.10. The molecular formula is C18H30N4O3. The second-order valence-corrected chi connectivity index (χ2v) is 5.45. The average molecular weight is 350 g/mol. The summed E-state index contributed by atoms with van der Waals surface area (Å²) in [4.78, 5) is 18.1. The van der Waals surface area contributed by atoms with Crippen LogP contribution in [0.15, 0.2) is 29.3 Å². The monoisotopic (exact) mass is 350 g/mol. The van der Waals surface area contributed by atoms with Crippen LogP contribution in [0.25, 0.3) is 0 Å². The van der Waals surface area contributed by atoms with Crippen LogP contribution in [0.1, 0.15) is 19.4 Å². The van der Waals surface area contributed by atoms with Crippen LogP contribution in [0.5, 0.6) is 5.75 Å². The van der Waals surface area contributed by atoms with E-state index in [1.807, 2.05) is 50.1 Å². The van der Waals surface area contributed by atoms with Crippen molar-refractivity contribution in [3.8, 4) is 5.75 Å². The molecule has 1 aromatic carbocycles. The van der Waals surface area contributed by atoms with E-state index >= 15 is 0 Å². The van der Waals surface area contributed by atoms with Crippen molar-refractivity contribution in [1.82, 2.24) is 15.5 Å². The summed E-state index contributed by atoms with van der Waals surface area (Å²) in [5.74, 6) is 1.43. The summed E-state index contributed by atoms with van der Waals surface area (Å²) in [5.41, 5.74) is 1.14. The van der Waals surface area contributed by atoms with Crippen molar-refractivity contribution in [3.05, 3.63) is 29.8 Å². The highest BCUT2D eigenvalue weighted by Crippen LogP contribution is 2.13. The molecule has 0 aromatic heterocycles. The number of hydrogen-bond acceptors (Lipinski definition) is 4. The largest absolute Gasteiger partial charge is 0.494 e. The van der Waals surface area contributed by atoms with Gasteiger partial charge in [-0.2, -0.15) is 0 Å². The number of rotatable bonds is 10. The number of hydrogen-bond donors (Lipinski definition) is 2. The number of ether oxygens (including phenoxy) is 2. The molecule has 1 rings (SSSR count). The number of nitrogens with one attached hydrogen (secondary N) is 2. The van der Waals surface area contributed by atoms with Crippen LogP contribution < -0.4 is 15.4 Å². The van der Waals surface area contributed by atoms with Crippen LogP contribution in [-0.4, -0.2) is 63.8 Å². The smallest absolute Gasteiger partial charge is 0.241 e. The Bertz CT molecular complexity index is 532. The lowest BCUT2D eigenvalue weighted by Gasteiger charge is -2.22. The van der Waals surface area contributed by atoms with Gasteiger partial charge in [0, 0.05) is 33.8 Å². The number of nitrogens with zero attached hydrogens (tertiary/aromatic N) is 2. The molecule has 1 aromatic rings. The van der Waals surface area contributed by atoms with Gasteiger partial charge >= 0.3 is 0 Å². The molecule has 0 spiro atoms. The fraction of sp³-hybridized carbons (Fsp3) is 0.556. The maximum Gasteiger partial charge on any atom is 0.241 e. The van der Waals surface area contributed by atoms with Crippen LogP contribution in [-0.2, 0) is 16.1 Å². The number of benzene rings is 1. The molecule has 0 bridgehead atoms. The van der Waals surface area contributed by atoms with Gasteiger partial charge in [0.2, 0.25) is 5.91 Å². The van der Waals surface area contributed by atoms with Gasteiger partial charge in [0.05, 0.1) is 13.2 Å². The Morgan fingerprint density at radius 1 is 1.20 bits per heavy atom. The van der Waals surface area contributed by atoms with Gasteiger partial charge < -0.3 is 25.0 Å². The molecule has 0 aliphatic carbocycles. The number of guanidine groups is 1. The predicted octanol–water partition coefficient (Wildman–Crippen LogP) is 1.25. The van der Waals surface area contributed by atoms with Crippen molar-refractivity contribution in [2.24, 2.45) is 4.99 Å². The molecule has 7 heteroatoms. The molecule has 25 heavy (non-hydrogen) atoms. The third-order valence-corrected chi connectivity index (χ3v) is 3.35. The Morgan fingerprint density at radius 3 is 2.52 bits per heavy atom. The standard InChI is InChI=1S/C18H30N4O3/c1-5-19-18(21-13-17(23)20-11-12-24-4)22(3)14-15-7-9-16(10-8-15)25-6-2/h7-10H,5-6,11-14H2,1-4H3,(H,19,21)(H,20,23). The molecule has 0 saturated heterocycles. The minimum Gasteiger partial charge on any atom is -0.494 e. The zero-order valence-corrected chi connectivity index (χ0v) is 15.7. The molecule has 0 aliphatic rings. The highest BCUT2D eigenvalue weighted by molar-refractivity contribution is 5.84. The SMILES string of the molecule is CCNC(=NCC(=O)NCCOC)N(C)Cc1ccc(OCC)cc1. The summed E-state index contributed by atoms with van der Waals surface area (Å²) in [5, 5.41) is 5.96. The van der Waals surface area contributed by atoms with Crippen LogP contribution in [0, 0.1) is 0 Å². The zero-order chi connectivity index (χ0) is 18.5. The normalized spacial score (nSPS) is 11.1. The van der Waals surface area contributed by atoms with Gasteiger partial charge in [-0.15, -0.1) is 0 Å². The van der Waals surface area contributed by atoms with Crippen molar-refractivity contribution in [3.63, 3.8) is 0 Å². The molecular weight excluding hydrogens is 320 g/mol. The summed E-state index contributed by atoms with van der Waals surface area (Å²) in [7, 11) is 3.55. The van der Waals surface area contributed by atoms with Gasteiger partial charge in [-0.05, 0) is 31.5 Å². The number of amides is 1. The van der Waals surface area contributed by atoms with E-state index in [1.165, 1.54) is 0 Å². The van der Waals surface area contributed by atoms with Gasteiger partial charge in [0.1, 0.15) is 12.3 Å². The highest BCUT2D eigenvalue weighted by Gasteiger charge is 2.08. The number of methoxy groups -OCH3 is 1. The van der Waals surface area contributed by atoms with Crippen LogP contribution in [0.4, 0.5) is 0 Å². The molecule has 0 radical (unpaired) electrons. The second-order valence-electron chi connectivity index (χ2n) is 5.45. The van der Waals surface area contributed by atoms with E-state index in [2.05, 4.69) is 15.6 Å². The summed E-state index contributed by atoms with van der Waals surface area (Å²) < 4.78 is 10.4. The fourth-order valence-corrected chi connectivity index (χ4v) is 2.17. The summed E-state index contributed by atoms with van der Waals surface area (Å²) >= 11 is 0. The molecule has 2 N–H and O–H groups in total. The van der Waals surface area contributed by atoms with E-state index in [-0.39, 0.29) is 12.5 Å². The van der Waals surface area contributed by atoms with Crippen molar-refractivity contribution in [2.75, 3.05) is 47.0 Å². The van der Waals surface area contributed by atoms with Gasteiger partial charge in [-0.3, -0.25) is 4.79 Å². The fourth-order valence-electron chi connectivity index (χ4n) is 2.17. The van der Waals surface area contributed by atoms with Crippen molar-refractivity contribution < 1.29 is 14.3 Å². The Balaban J connectivity index is 2.60. The predicted molar refractivity (Wildman–Crippen MR) is 99.9 cm³/mol. The minimum absolute atomic E-state index is 0.0830. The van der Waals surface area contributed by atoms with Crippen LogP contribution >= 0.6 is 0 Å². The molecule has 1 amide bonds. The van der Waals surface area contributed by atoms with Gasteiger partial charge in [-0.1, -0.05) is 12.1 Å². The number of carbonyl (C=O) groups excluding carboxylic acids is 1. The first-order valence-corrected chi connectivity index (χ1v) is 8.57. The van der Waals surface area contributed by atoms with Gasteiger partial charge in [-0.25, -0.2) is 4.99 Å². The van der Waals surface area contributed by atoms with E-state index in [1.54, 1.807) is 7.11 Å². The van der Waals surface area contributed by atoms with Gasteiger partial charge in [0.25, 0.3) is 0 Å². The second kappa shape index (κ2) is 12.1. The molecule has 0 heterocycles. The van der Waals surface area contributed by atoms with Crippen molar-refractivity contribution in [2.45, 2.75) is 20.4 Å². The number of aliphatic imine (C=N–C) groups is 1. The lowest BCUT2D eigenvalue weighted by Crippen LogP contribution is -2.39. The van der Waals surface area contributed by atoms with Crippen molar-refractivity contribution in [1.29, 1.82) is 0 Å². The summed E-state index contributed by atoms with van der Waals surface area (Å²) in [6.07, 6.45) is 0. The maximum absolute atomic E-state index is 11.8. The molecule has 0 aliphatic heterocycles. The highest BCUT2D eigenvalue weighted by atomic mass is 16.5. The minimum atomic E-state index is -0.123. The lowest BCUT2D eigenvalue weighted by molar-refractivity contribution is -0.119. The zero-order valence-electron chi connectivity index (χ0n) is 15.7. The maximum atomic E-state index is 11.8. The first kappa shape index (κ1) is 20.8. The quantitative estimate of drug-likeness (QED) is 0.377. The average Bonchev–Trinajstić information content (AvgIpc) is 2.60. The molecule has 0 fully saturated rings. The number of carbonyl (C=O) groups is 1. The Hall–Kier alpha value is -2.28. The molecule has 0 atom stereocenters. The van der Waals surface area contributed by atoms with E-state index in [4.69, 9.17) is 9.47 Å². The first-order valence-electron chi connectivity index (χ1n) is 8.57. The molecule has 140 valence electrons.